The van der Waals surface area contributed by atoms with Gasteiger partial charge in [0.2, 0.25) is 0 Å². The summed E-state index contributed by atoms with van der Waals surface area (Å²) in [5, 5.41) is 19.9. The maximum absolute atomic E-state index is 10.2. The molecular weight excluding hydrogens is 217 g/mol. The highest BCUT2D eigenvalue weighted by Crippen LogP contribution is 2.46. The Labute approximate surface area is 102 Å². The molecule has 5 heteroatoms. The molecule has 0 saturated carbocycles. The van der Waals surface area contributed by atoms with Gasteiger partial charge in [-0.05, 0) is 38.2 Å². The molecule has 0 radical (unpaired) electrons. The van der Waals surface area contributed by atoms with Crippen molar-refractivity contribution in [2.75, 3.05) is 18.5 Å². The number of hydrogen-bond acceptors (Lipinski definition) is 4. The van der Waals surface area contributed by atoms with E-state index in [1.54, 1.807) is 13.9 Å². The third-order valence-electron chi connectivity index (χ3n) is 3.59. The number of ether oxygens (including phenoxy) is 1. The first kappa shape index (κ1) is 12.1. The van der Waals surface area contributed by atoms with Gasteiger partial charge >= 0.3 is 7.05 Å². The van der Waals surface area contributed by atoms with Crippen molar-refractivity contribution >= 4 is 12.7 Å². The highest BCUT2D eigenvalue weighted by Gasteiger charge is 2.32. The van der Waals surface area contributed by atoms with Crippen LogP contribution in [0.1, 0.15) is 16.7 Å². The lowest BCUT2D eigenvalue weighted by atomic mass is 9.84. The van der Waals surface area contributed by atoms with Crippen LogP contribution in [0.3, 0.4) is 0 Å². The number of phenolic OH excluding ortho intramolecular Hbond substituents is 1. The number of rotatable bonds is 2. The Morgan fingerprint density at radius 2 is 1.94 bits per heavy atom. The van der Waals surface area contributed by atoms with Crippen LogP contribution >= 0.6 is 0 Å². The predicted molar refractivity (Wildman–Crippen MR) is 69.0 cm³/mol. The van der Waals surface area contributed by atoms with Crippen LogP contribution in [0.4, 0.5) is 5.69 Å². The standard InChI is InChI=1S/C12H18BNO3/c1-7-8(2)12(17-4)10-9(11(7)15)5-6-14(10)13(3)16/h15-16H,5-6H2,1-4H3. The van der Waals surface area contributed by atoms with E-state index in [0.29, 0.717) is 12.3 Å². The molecular formula is C12H18BNO3. The maximum atomic E-state index is 10.2. The number of nitrogens with zero attached hydrogens (tertiary/aromatic N) is 1. The van der Waals surface area contributed by atoms with Gasteiger partial charge in [0.15, 0.2) is 0 Å². The Hall–Kier alpha value is -1.36. The fourth-order valence-corrected chi connectivity index (χ4v) is 2.51. The molecule has 4 nitrogen and oxygen atoms in total. The van der Waals surface area contributed by atoms with Crippen molar-refractivity contribution in [2.24, 2.45) is 0 Å². The van der Waals surface area contributed by atoms with E-state index in [4.69, 9.17) is 4.74 Å². The first-order valence-electron chi connectivity index (χ1n) is 5.82. The second-order valence-electron chi connectivity index (χ2n) is 4.53. The molecule has 1 aliphatic rings. The highest BCUT2D eigenvalue weighted by atomic mass is 16.5. The molecule has 0 fully saturated rings. The Kier molecular flexibility index (Phi) is 2.95. The molecule has 0 aromatic heterocycles. The van der Waals surface area contributed by atoms with Gasteiger partial charge in [0.25, 0.3) is 0 Å². The zero-order valence-electron chi connectivity index (χ0n) is 10.7. The zero-order chi connectivity index (χ0) is 12.7. The summed E-state index contributed by atoms with van der Waals surface area (Å²) in [7, 11) is 1.05. The summed E-state index contributed by atoms with van der Waals surface area (Å²) in [5.74, 6) is 1.09. The summed E-state index contributed by atoms with van der Waals surface area (Å²) in [6.07, 6.45) is 0.740. The molecule has 1 aromatic rings. The monoisotopic (exact) mass is 235 g/mol. The molecule has 1 heterocycles. The number of aromatic hydroxyl groups is 1. The molecule has 2 N–H and O–H groups in total. The lowest BCUT2D eigenvalue weighted by molar-refractivity contribution is 0.408. The van der Waals surface area contributed by atoms with Gasteiger partial charge in [-0.1, -0.05) is 0 Å². The van der Waals surface area contributed by atoms with E-state index >= 15 is 0 Å². The average Bonchev–Trinajstić information content (AvgIpc) is 2.71. The summed E-state index contributed by atoms with van der Waals surface area (Å²) < 4.78 is 5.44. The third kappa shape index (κ3) is 1.65. The molecule has 0 aliphatic carbocycles. The second-order valence-corrected chi connectivity index (χ2v) is 4.53. The van der Waals surface area contributed by atoms with E-state index in [2.05, 4.69) is 0 Å². The van der Waals surface area contributed by atoms with Crippen LogP contribution in [-0.2, 0) is 6.42 Å². The van der Waals surface area contributed by atoms with Crippen molar-refractivity contribution in [1.29, 1.82) is 0 Å². The Balaban J connectivity index is 2.70. The first-order chi connectivity index (χ1) is 7.99. The van der Waals surface area contributed by atoms with Gasteiger partial charge in [0, 0.05) is 12.1 Å². The largest absolute Gasteiger partial charge is 0.507 e. The summed E-state index contributed by atoms with van der Waals surface area (Å²) in [6.45, 7) is 6.24. The number of anilines is 1. The second kappa shape index (κ2) is 4.15. The smallest absolute Gasteiger partial charge is 0.409 e. The third-order valence-corrected chi connectivity index (χ3v) is 3.59. The van der Waals surface area contributed by atoms with E-state index in [1.165, 1.54) is 0 Å². The Morgan fingerprint density at radius 1 is 1.29 bits per heavy atom. The summed E-state index contributed by atoms with van der Waals surface area (Å²) in [5.41, 5.74) is 3.50. The van der Waals surface area contributed by atoms with Gasteiger partial charge in [0.1, 0.15) is 11.5 Å². The average molecular weight is 235 g/mol. The van der Waals surface area contributed by atoms with E-state index in [9.17, 15) is 10.1 Å². The number of methoxy groups -OCH3 is 1. The van der Waals surface area contributed by atoms with E-state index in [1.807, 2.05) is 18.7 Å². The van der Waals surface area contributed by atoms with Crippen molar-refractivity contribution < 1.29 is 14.9 Å². The number of phenols is 1. The van der Waals surface area contributed by atoms with Crippen molar-refractivity contribution in [3.05, 3.63) is 16.7 Å². The van der Waals surface area contributed by atoms with Crippen LogP contribution in [0.2, 0.25) is 6.82 Å². The quantitative estimate of drug-likeness (QED) is 0.762. The van der Waals surface area contributed by atoms with Gasteiger partial charge in [-0.2, -0.15) is 0 Å². The molecule has 0 saturated heterocycles. The molecule has 0 unspecified atom stereocenters. The lowest BCUT2D eigenvalue weighted by Gasteiger charge is -2.24. The molecule has 17 heavy (non-hydrogen) atoms. The van der Waals surface area contributed by atoms with Crippen LogP contribution in [-0.4, -0.2) is 30.8 Å². The minimum absolute atomic E-state index is 0.335. The van der Waals surface area contributed by atoms with Crippen LogP contribution in [0.5, 0.6) is 11.5 Å². The number of fused-ring (bicyclic) bond motifs is 1. The topological polar surface area (TPSA) is 52.9 Å². The number of benzene rings is 1. The molecule has 0 bridgehead atoms. The van der Waals surface area contributed by atoms with Crippen molar-refractivity contribution in [3.63, 3.8) is 0 Å². The minimum Gasteiger partial charge on any atom is -0.507 e. The van der Waals surface area contributed by atoms with Gasteiger partial charge < -0.3 is 19.7 Å². The molecule has 2 rings (SSSR count). The van der Waals surface area contributed by atoms with E-state index in [-0.39, 0.29) is 0 Å². The molecule has 0 atom stereocenters. The summed E-state index contributed by atoms with van der Waals surface area (Å²) in [6, 6.07) is 0. The SMILES string of the molecule is COc1c(C)c(C)c(O)c2c1N(B(C)O)CC2. The van der Waals surface area contributed by atoms with Crippen molar-refractivity contribution in [1.82, 2.24) is 0 Å². The zero-order valence-corrected chi connectivity index (χ0v) is 10.7. The molecule has 1 aromatic carbocycles. The van der Waals surface area contributed by atoms with Gasteiger partial charge in [-0.25, -0.2) is 0 Å². The molecule has 0 amide bonds. The maximum Gasteiger partial charge on any atom is 0.409 e. The van der Waals surface area contributed by atoms with E-state index < -0.39 is 7.05 Å². The fourth-order valence-electron chi connectivity index (χ4n) is 2.51. The molecule has 1 aliphatic heterocycles. The predicted octanol–water partition coefficient (Wildman–Crippen LogP) is 1.49. The normalized spacial score (nSPS) is 13.8. The van der Waals surface area contributed by atoms with E-state index in [0.717, 1.165) is 34.5 Å². The Morgan fingerprint density at radius 3 is 2.47 bits per heavy atom. The van der Waals surface area contributed by atoms with Gasteiger partial charge in [-0.15, -0.1) is 0 Å². The van der Waals surface area contributed by atoms with Crippen LogP contribution < -0.4 is 9.55 Å². The summed E-state index contributed by atoms with van der Waals surface area (Å²) >= 11 is 0. The molecule has 0 spiro atoms. The van der Waals surface area contributed by atoms with Gasteiger partial charge in [0.05, 0.1) is 12.8 Å². The number of hydrogen-bond donors (Lipinski definition) is 2. The van der Waals surface area contributed by atoms with Crippen molar-refractivity contribution in [3.8, 4) is 11.5 Å². The van der Waals surface area contributed by atoms with Crippen LogP contribution in [0.15, 0.2) is 0 Å². The fraction of sp³-hybridized carbons (Fsp3) is 0.500. The lowest BCUT2D eigenvalue weighted by Crippen LogP contribution is -2.35. The molecule has 92 valence electrons. The Bertz CT molecular complexity index is 460. The van der Waals surface area contributed by atoms with Crippen LogP contribution in [0.25, 0.3) is 0 Å². The van der Waals surface area contributed by atoms with Gasteiger partial charge in [-0.3, -0.25) is 0 Å². The summed E-state index contributed by atoms with van der Waals surface area (Å²) in [4.78, 5) is 1.86. The van der Waals surface area contributed by atoms with Crippen molar-refractivity contribution in [2.45, 2.75) is 27.1 Å². The minimum atomic E-state index is -0.577. The van der Waals surface area contributed by atoms with Crippen LogP contribution in [0, 0.1) is 13.8 Å². The first-order valence-corrected chi connectivity index (χ1v) is 5.82. The highest BCUT2D eigenvalue weighted by molar-refractivity contribution is 6.54.